The number of rotatable bonds is 0. The zero-order valence-corrected chi connectivity index (χ0v) is 8.28. The van der Waals surface area contributed by atoms with E-state index in [9.17, 15) is 0 Å². The lowest BCUT2D eigenvalue weighted by atomic mass is 10.1. The fourth-order valence-electron chi connectivity index (χ4n) is 1.37. The largest absolute Gasteiger partial charge is 0.0885 e. The quantitative estimate of drug-likeness (QED) is 0.484. The summed E-state index contributed by atoms with van der Waals surface area (Å²) in [6.45, 7) is 0. The molecule has 0 aliphatic heterocycles. The molecule has 1 rings (SSSR count). The van der Waals surface area contributed by atoms with Crippen LogP contribution in [0.2, 0.25) is 0 Å². The van der Waals surface area contributed by atoms with Crippen LogP contribution in [-0.4, -0.2) is 0 Å². The van der Waals surface area contributed by atoms with Crippen LogP contribution in [0.1, 0.15) is 38.5 Å². The summed E-state index contributed by atoms with van der Waals surface area (Å²) in [6.07, 6.45) is 23.0. The number of allylic oxidation sites excluding steroid dienone is 6. The topological polar surface area (TPSA) is 0 Å². The van der Waals surface area contributed by atoms with E-state index < -0.39 is 0 Å². The molecule has 0 aromatic carbocycles. The van der Waals surface area contributed by atoms with Gasteiger partial charge in [-0.1, -0.05) is 36.5 Å². The Labute approximate surface area is 82.0 Å². The van der Waals surface area contributed by atoms with E-state index in [1.807, 2.05) is 0 Å². The summed E-state index contributed by atoms with van der Waals surface area (Å²) in [4.78, 5) is 0. The Morgan fingerprint density at radius 2 is 1.31 bits per heavy atom. The van der Waals surface area contributed by atoms with E-state index in [0.717, 1.165) is 0 Å². The maximum Gasteiger partial charge on any atom is -0.0164 e. The summed E-state index contributed by atoms with van der Waals surface area (Å²) in [7, 11) is 0. The lowest BCUT2D eigenvalue weighted by Gasteiger charge is -1.92. The fraction of sp³-hybridized carbons (Fsp3) is 0.462. The van der Waals surface area contributed by atoms with Gasteiger partial charge in [-0.05, 0) is 44.9 Å². The molecule has 0 saturated heterocycles. The van der Waals surface area contributed by atoms with E-state index in [1.165, 1.54) is 38.5 Å². The van der Waals surface area contributed by atoms with Crippen molar-refractivity contribution in [3.05, 3.63) is 42.9 Å². The molecule has 0 saturated carbocycles. The van der Waals surface area contributed by atoms with Crippen LogP contribution < -0.4 is 0 Å². The second kappa shape index (κ2) is 7.85. The average molecular weight is 175 g/mol. The Bertz CT molecular complexity index is 184. The molecule has 0 heteroatoms. The maximum atomic E-state index is 2.32. The van der Waals surface area contributed by atoms with E-state index in [0.29, 0.717) is 0 Å². The molecule has 0 spiro atoms. The van der Waals surface area contributed by atoms with E-state index in [2.05, 4.69) is 42.9 Å². The fourth-order valence-corrected chi connectivity index (χ4v) is 1.37. The summed E-state index contributed by atoms with van der Waals surface area (Å²) in [6, 6.07) is 0. The average Bonchev–Trinajstić information content (AvgIpc) is 2.18. The first kappa shape index (κ1) is 10.3. The summed E-state index contributed by atoms with van der Waals surface area (Å²) >= 11 is 0. The molecular weight excluding hydrogens is 156 g/mol. The van der Waals surface area contributed by atoms with Gasteiger partial charge in [0.1, 0.15) is 0 Å². The highest BCUT2D eigenvalue weighted by Crippen LogP contribution is 2.04. The first-order chi connectivity index (χ1) is 6.50. The standard InChI is InChI=1S/C13H19/c1-2-4-6-8-10-12-13-11-9-7-5-3-1/h1-5,10,12H,6-9,11,13H2/b2-1+,5-3+,12-10-. The van der Waals surface area contributed by atoms with Gasteiger partial charge in [0, 0.05) is 0 Å². The third-order valence-corrected chi connectivity index (χ3v) is 2.15. The number of hydrogen-bond donors (Lipinski definition) is 0. The minimum absolute atomic E-state index is 1.17. The molecule has 0 amide bonds. The van der Waals surface area contributed by atoms with Crippen LogP contribution in [0.15, 0.2) is 36.5 Å². The van der Waals surface area contributed by atoms with Crippen LogP contribution in [0, 0.1) is 6.42 Å². The van der Waals surface area contributed by atoms with E-state index >= 15 is 0 Å². The van der Waals surface area contributed by atoms with Crippen LogP contribution in [0.4, 0.5) is 0 Å². The van der Waals surface area contributed by atoms with Crippen LogP contribution in [-0.2, 0) is 0 Å². The molecule has 0 nitrogen and oxygen atoms in total. The van der Waals surface area contributed by atoms with Gasteiger partial charge in [-0.15, -0.1) is 0 Å². The highest BCUT2D eigenvalue weighted by Gasteiger charge is 1.85. The minimum atomic E-state index is 1.17. The predicted octanol–water partition coefficient (Wildman–Crippen LogP) is 4.21. The van der Waals surface area contributed by atoms with Gasteiger partial charge in [0.05, 0.1) is 0 Å². The molecule has 0 unspecified atom stereocenters. The molecule has 1 radical (unpaired) electrons. The molecule has 0 N–H and O–H groups in total. The lowest BCUT2D eigenvalue weighted by molar-refractivity contribution is 0.760. The Morgan fingerprint density at radius 3 is 2.23 bits per heavy atom. The van der Waals surface area contributed by atoms with Crippen molar-refractivity contribution in [2.24, 2.45) is 0 Å². The van der Waals surface area contributed by atoms with Crippen molar-refractivity contribution in [3.8, 4) is 0 Å². The molecule has 0 heterocycles. The predicted molar refractivity (Wildman–Crippen MR) is 59.4 cm³/mol. The summed E-state index contributed by atoms with van der Waals surface area (Å²) in [5.41, 5.74) is 0. The second-order valence-corrected chi connectivity index (χ2v) is 3.38. The Balaban J connectivity index is 2.28. The summed E-state index contributed by atoms with van der Waals surface area (Å²) in [5.74, 6) is 0. The molecule has 0 aromatic heterocycles. The van der Waals surface area contributed by atoms with E-state index in [1.54, 1.807) is 0 Å². The summed E-state index contributed by atoms with van der Waals surface area (Å²) in [5, 5.41) is 0. The smallest absolute Gasteiger partial charge is 0.0164 e. The minimum Gasteiger partial charge on any atom is -0.0885 e. The lowest BCUT2D eigenvalue weighted by Crippen LogP contribution is -1.72. The van der Waals surface area contributed by atoms with Gasteiger partial charge in [-0.3, -0.25) is 0 Å². The Morgan fingerprint density at radius 1 is 0.538 bits per heavy atom. The van der Waals surface area contributed by atoms with E-state index in [4.69, 9.17) is 0 Å². The van der Waals surface area contributed by atoms with Crippen LogP contribution >= 0.6 is 0 Å². The molecule has 1 aliphatic carbocycles. The molecule has 0 fully saturated rings. The summed E-state index contributed by atoms with van der Waals surface area (Å²) < 4.78 is 0. The third-order valence-electron chi connectivity index (χ3n) is 2.15. The zero-order chi connectivity index (χ0) is 9.19. The SMILES string of the molecule is [CH]1/C=C/C=C/CCCC/C=C\CC1. The second-order valence-electron chi connectivity index (χ2n) is 3.38. The van der Waals surface area contributed by atoms with E-state index in [-0.39, 0.29) is 0 Å². The monoisotopic (exact) mass is 175 g/mol. The molecule has 0 bridgehead atoms. The van der Waals surface area contributed by atoms with Crippen molar-refractivity contribution in [3.63, 3.8) is 0 Å². The highest BCUT2D eigenvalue weighted by atomic mass is 13.9. The Hall–Kier alpha value is -0.780. The zero-order valence-electron chi connectivity index (χ0n) is 8.28. The van der Waals surface area contributed by atoms with Crippen molar-refractivity contribution < 1.29 is 0 Å². The molecular formula is C13H19. The molecule has 1 aliphatic rings. The van der Waals surface area contributed by atoms with Gasteiger partial charge in [0.2, 0.25) is 0 Å². The van der Waals surface area contributed by atoms with Crippen molar-refractivity contribution in [2.75, 3.05) is 0 Å². The Kier molecular flexibility index (Phi) is 6.22. The number of hydrogen-bond acceptors (Lipinski definition) is 0. The molecule has 13 heavy (non-hydrogen) atoms. The van der Waals surface area contributed by atoms with Crippen LogP contribution in [0.3, 0.4) is 0 Å². The van der Waals surface area contributed by atoms with Crippen LogP contribution in [0.25, 0.3) is 0 Å². The normalized spacial score (nSPS) is 27.7. The first-order valence-electron chi connectivity index (χ1n) is 5.30. The molecule has 71 valence electrons. The van der Waals surface area contributed by atoms with Crippen molar-refractivity contribution >= 4 is 0 Å². The maximum absolute atomic E-state index is 2.32. The first-order valence-corrected chi connectivity index (χ1v) is 5.30. The van der Waals surface area contributed by atoms with Gasteiger partial charge in [0.25, 0.3) is 0 Å². The van der Waals surface area contributed by atoms with Gasteiger partial charge < -0.3 is 0 Å². The highest BCUT2D eigenvalue weighted by molar-refractivity contribution is 5.07. The molecule has 0 aromatic rings. The van der Waals surface area contributed by atoms with Gasteiger partial charge >= 0.3 is 0 Å². The molecule has 0 atom stereocenters. The third kappa shape index (κ3) is 6.39. The van der Waals surface area contributed by atoms with Crippen LogP contribution in [0.5, 0.6) is 0 Å². The van der Waals surface area contributed by atoms with Gasteiger partial charge in [-0.2, -0.15) is 0 Å². The van der Waals surface area contributed by atoms with Crippen molar-refractivity contribution in [2.45, 2.75) is 38.5 Å². The van der Waals surface area contributed by atoms with Crippen molar-refractivity contribution in [1.29, 1.82) is 0 Å². The van der Waals surface area contributed by atoms with Gasteiger partial charge in [-0.25, -0.2) is 0 Å². The van der Waals surface area contributed by atoms with Crippen molar-refractivity contribution in [1.82, 2.24) is 0 Å². The van der Waals surface area contributed by atoms with Gasteiger partial charge in [0.15, 0.2) is 0 Å².